The van der Waals surface area contributed by atoms with E-state index in [1.807, 2.05) is 206 Å². The van der Waals surface area contributed by atoms with Crippen molar-refractivity contribution in [1.29, 1.82) is 0 Å². The van der Waals surface area contributed by atoms with E-state index in [0.717, 1.165) is 44.5 Å². The average Bonchev–Trinajstić information content (AvgIpc) is 3.37. The Bertz CT molecular complexity index is 2600. The van der Waals surface area contributed by atoms with Crippen LogP contribution in [0.5, 0.6) is 34.5 Å². The summed E-state index contributed by atoms with van der Waals surface area (Å²) < 4.78 is 37.2. The Morgan fingerprint density at radius 2 is 0.545 bits per heavy atom. The molecule has 0 N–H and O–H groups in total. The predicted molar refractivity (Wildman–Crippen MR) is 260 cm³/mol. The number of allylic oxidation sites excluding steroid dienone is 2. The molecule has 66 heavy (non-hydrogen) atoms. The number of hydrogen-bond acceptors (Lipinski definition) is 6. The Kier molecular flexibility index (Phi) is 15.8. The minimum atomic E-state index is 0.325. The molecule has 8 aromatic rings. The normalized spacial score (nSPS) is 10.5. The van der Waals surface area contributed by atoms with Crippen molar-refractivity contribution in [3.63, 3.8) is 0 Å². The zero-order valence-electron chi connectivity index (χ0n) is 36.5. The van der Waals surface area contributed by atoms with Gasteiger partial charge in [-0.1, -0.05) is 157 Å². The number of benzene rings is 8. The average molecular weight is 865 g/mol. The first kappa shape index (κ1) is 44.0. The molecule has 6 heteroatoms. The van der Waals surface area contributed by atoms with Crippen LogP contribution in [0.4, 0.5) is 0 Å². The van der Waals surface area contributed by atoms with Crippen molar-refractivity contribution in [2.45, 2.75) is 39.6 Å². The van der Waals surface area contributed by atoms with Crippen LogP contribution in [0.1, 0.15) is 44.5 Å². The fourth-order valence-electron chi connectivity index (χ4n) is 6.72. The molecule has 0 spiro atoms. The van der Waals surface area contributed by atoms with Crippen LogP contribution in [0, 0.1) is 23.7 Å². The van der Waals surface area contributed by atoms with Gasteiger partial charge in [0.1, 0.15) is 74.1 Å². The van der Waals surface area contributed by atoms with E-state index in [9.17, 15) is 0 Å². The lowest BCUT2D eigenvalue weighted by atomic mass is 10.2. The van der Waals surface area contributed by atoms with Crippen molar-refractivity contribution in [1.82, 2.24) is 0 Å². The topological polar surface area (TPSA) is 55.4 Å². The molecule has 8 aromatic carbocycles. The van der Waals surface area contributed by atoms with Gasteiger partial charge in [0.25, 0.3) is 0 Å². The van der Waals surface area contributed by atoms with Gasteiger partial charge in [0.15, 0.2) is 0 Å². The minimum Gasteiger partial charge on any atom is -0.489 e. The molecule has 0 saturated heterocycles. The maximum Gasteiger partial charge on any atom is 0.123 e. The molecule has 0 saturated carbocycles. The van der Waals surface area contributed by atoms with Crippen LogP contribution in [0.3, 0.4) is 0 Å². The van der Waals surface area contributed by atoms with E-state index in [2.05, 4.69) is 23.7 Å². The maximum atomic E-state index is 6.23. The van der Waals surface area contributed by atoms with Crippen LogP contribution in [-0.2, 0) is 39.6 Å². The molecule has 324 valence electrons. The lowest BCUT2D eigenvalue weighted by Crippen LogP contribution is -2.01. The Morgan fingerprint density at radius 1 is 0.258 bits per heavy atom. The van der Waals surface area contributed by atoms with Gasteiger partial charge >= 0.3 is 0 Å². The Balaban J connectivity index is 0.854. The van der Waals surface area contributed by atoms with Gasteiger partial charge in [0.05, 0.1) is 0 Å². The van der Waals surface area contributed by atoms with Crippen molar-refractivity contribution in [2.24, 2.45) is 0 Å². The maximum absolute atomic E-state index is 6.23. The highest BCUT2D eigenvalue weighted by Gasteiger charge is 2.09. The number of hydrogen-bond donors (Lipinski definition) is 0. The fourth-order valence-corrected chi connectivity index (χ4v) is 6.72. The Labute approximate surface area is 387 Å². The smallest absolute Gasteiger partial charge is 0.123 e. The summed E-state index contributed by atoms with van der Waals surface area (Å²) in [7, 11) is 0. The van der Waals surface area contributed by atoms with Crippen molar-refractivity contribution in [3.8, 4) is 58.2 Å². The van der Waals surface area contributed by atoms with E-state index in [1.165, 1.54) is 0 Å². The van der Waals surface area contributed by atoms with Crippen LogP contribution in [0.25, 0.3) is 0 Å². The molecular weight excluding hydrogens is 817 g/mol. The number of ether oxygens (including phenoxy) is 6. The largest absolute Gasteiger partial charge is 0.489 e. The zero-order valence-corrected chi connectivity index (χ0v) is 36.5. The second-order valence-corrected chi connectivity index (χ2v) is 15.2. The van der Waals surface area contributed by atoms with Gasteiger partial charge in [-0.3, -0.25) is 0 Å². The second kappa shape index (κ2) is 23.7. The van der Waals surface area contributed by atoms with Gasteiger partial charge in [-0.2, -0.15) is 0 Å². The first-order chi connectivity index (χ1) is 32.6. The molecule has 0 atom stereocenters. The van der Waals surface area contributed by atoms with Crippen LogP contribution in [-0.4, -0.2) is 0 Å². The van der Waals surface area contributed by atoms with Gasteiger partial charge in [-0.05, 0) is 106 Å². The van der Waals surface area contributed by atoms with Crippen molar-refractivity contribution >= 4 is 0 Å². The summed E-state index contributed by atoms with van der Waals surface area (Å²) in [5.41, 5.74) is 7.84. The molecule has 0 unspecified atom stereocenters. The Hall–Kier alpha value is -8.58. The van der Waals surface area contributed by atoms with E-state index < -0.39 is 0 Å². The summed E-state index contributed by atoms with van der Waals surface area (Å²) >= 11 is 0. The zero-order chi connectivity index (χ0) is 44.9. The Morgan fingerprint density at radius 3 is 0.864 bits per heavy atom. The molecule has 0 aliphatic carbocycles. The fraction of sp³-hybridized carbons (Fsp3) is 0.100. The van der Waals surface area contributed by atoms with Crippen LogP contribution < -0.4 is 28.4 Å². The SMILES string of the molecule is C(#Cc1cccc(OCc2cc(OCc3ccccc3)cc(OCc3ccccc3)c2)c1)/C=C/C#Cc1cccc(OCc2cc(OCc3ccccc3)cc(OCc3ccccc3)c2)c1. The van der Waals surface area contributed by atoms with Crippen molar-refractivity contribution in [2.75, 3.05) is 0 Å². The van der Waals surface area contributed by atoms with Crippen molar-refractivity contribution < 1.29 is 28.4 Å². The van der Waals surface area contributed by atoms with E-state index in [4.69, 9.17) is 28.4 Å². The van der Waals surface area contributed by atoms with Gasteiger partial charge in [-0.25, -0.2) is 0 Å². The lowest BCUT2D eigenvalue weighted by molar-refractivity contribution is 0.281. The summed E-state index contributed by atoms with van der Waals surface area (Å²) in [6.07, 6.45) is 3.48. The van der Waals surface area contributed by atoms with Gasteiger partial charge in [0.2, 0.25) is 0 Å². The highest BCUT2D eigenvalue weighted by molar-refractivity contribution is 5.46. The summed E-state index contributed by atoms with van der Waals surface area (Å²) in [5.74, 6) is 16.8. The standard InChI is InChI=1S/C60H48O6/c1(7-19-47-29-17-31-55(33-47)61-45-53-35-57(63-41-49-21-9-3-10-22-49)39-58(36-53)64-42-50-23-11-4-12-24-50)2-8-20-48-30-18-32-56(34-48)62-46-54-37-59(65-43-51-25-13-5-14-26-51)40-60(38-54)66-44-52-27-15-6-16-28-52/h1-6,9-18,21-40H,41-46H2/b2-1+. The highest BCUT2D eigenvalue weighted by atomic mass is 16.5. The molecule has 6 nitrogen and oxygen atoms in total. The predicted octanol–water partition coefficient (Wildman–Crippen LogP) is 13.1. The third-order valence-electron chi connectivity index (χ3n) is 10.0. The van der Waals surface area contributed by atoms with Crippen LogP contribution >= 0.6 is 0 Å². The molecule has 0 radical (unpaired) electrons. The second-order valence-electron chi connectivity index (χ2n) is 15.2. The molecule has 0 bridgehead atoms. The highest BCUT2D eigenvalue weighted by Crippen LogP contribution is 2.28. The minimum absolute atomic E-state index is 0.325. The first-order valence-corrected chi connectivity index (χ1v) is 21.7. The van der Waals surface area contributed by atoms with E-state index in [0.29, 0.717) is 74.1 Å². The summed E-state index contributed by atoms with van der Waals surface area (Å²) in [6.45, 7) is 2.44. The van der Waals surface area contributed by atoms with E-state index >= 15 is 0 Å². The number of rotatable bonds is 18. The first-order valence-electron chi connectivity index (χ1n) is 21.7. The molecular formula is C60H48O6. The lowest BCUT2D eigenvalue weighted by Gasteiger charge is -2.14. The molecule has 0 aliphatic heterocycles. The van der Waals surface area contributed by atoms with Crippen LogP contribution in [0.2, 0.25) is 0 Å². The van der Waals surface area contributed by atoms with Crippen molar-refractivity contribution in [3.05, 3.63) is 263 Å². The summed E-state index contributed by atoms with van der Waals surface area (Å²) in [5, 5.41) is 0. The molecule has 0 heterocycles. The van der Waals surface area contributed by atoms with Gasteiger partial charge < -0.3 is 28.4 Å². The molecule has 8 rings (SSSR count). The van der Waals surface area contributed by atoms with Gasteiger partial charge in [-0.15, -0.1) is 0 Å². The third-order valence-corrected chi connectivity index (χ3v) is 10.0. The molecule has 0 fully saturated rings. The quantitative estimate of drug-likeness (QED) is 0.0801. The third kappa shape index (κ3) is 14.5. The molecule has 0 aliphatic rings. The summed E-state index contributed by atoms with van der Waals surface area (Å²) in [6, 6.07) is 67.6. The van der Waals surface area contributed by atoms with Gasteiger partial charge in [0, 0.05) is 23.3 Å². The van der Waals surface area contributed by atoms with E-state index in [1.54, 1.807) is 12.2 Å². The van der Waals surface area contributed by atoms with Crippen LogP contribution in [0.15, 0.2) is 218 Å². The van der Waals surface area contributed by atoms with E-state index in [-0.39, 0.29) is 0 Å². The molecule has 0 aromatic heterocycles. The molecule has 0 amide bonds. The summed E-state index contributed by atoms with van der Waals surface area (Å²) in [4.78, 5) is 0. The monoisotopic (exact) mass is 864 g/mol.